The summed E-state index contributed by atoms with van der Waals surface area (Å²) in [7, 11) is 0. The van der Waals surface area contributed by atoms with E-state index >= 15 is 0 Å². The zero-order valence-corrected chi connectivity index (χ0v) is 12.8. The number of hydrogen-bond acceptors (Lipinski definition) is 5. The summed E-state index contributed by atoms with van der Waals surface area (Å²) in [6, 6.07) is 5.61. The number of hydrogen-bond donors (Lipinski definition) is 3. The Bertz CT molecular complexity index is 727. The molecule has 0 aliphatic carbocycles. The number of nitrogens with zero attached hydrogens (tertiary/aromatic N) is 2. The Morgan fingerprint density at radius 2 is 2.27 bits per heavy atom. The number of unbranched alkanes of at least 4 members (excludes halogenated alkanes) is 1. The van der Waals surface area contributed by atoms with Gasteiger partial charge in [-0.15, -0.1) is 0 Å². The molecule has 0 aliphatic rings. The fraction of sp³-hybridized carbons (Fsp3) is 0.250. The van der Waals surface area contributed by atoms with Crippen molar-refractivity contribution in [1.29, 1.82) is 0 Å². The van der Waals surface area contributed by atoms with Crippen molar-refractivity contribution < 1.29 is 4.52 Å². The maximum atomic E-state index is 5.54. The molecule has 0 amide bonds. The van der Waals surface area contributed by atoms with Crippen LogP contribution in [-0.4, -0.2) is 11.0 Å². The molecule has 2 aromatic rings. The number of hydrazone groups is 1. The lowest BCUT2D eigenvalue weighted by molar-refractivity contribution is 0.419. The molecule has 0 atom stereocenters. The number of benzene rings is 1. The number of nitrogens with two attached hydrogens (primary N) is 2. The van der Waals surface area contributed by atoms with Gasteiger partial charge in [-0.05, 0) is 31.5 Å². The fourth-order valence-corrected chi connectivity index (χ4v) is 2.21. The van der Waals surface area contributed by atoms with E-state index in [4.69, 9.17) is 16.2 Å². The van der Waals surface area contributed by atoms with Crippen LogP contribution in [0.25, 0.3) is 16.5 Å². The normalized spacial score (nSPS) is 13.2. The van der Waals surface area contributed by atoms with E-state index in [2.05, 4.69) is 28.7 Å². The average molecular weight is 299 g/mol. The van der Waals surface area contributed by atoms with E-state index in [1.165, 1.54) is 0 Å². The van der Waals surface area contributed by atoms with Gasteiger partial charge in [0.05, 0.1) is 5.39 Å². The summed E-state index contributed by atoms with van der Waals surface area (Å²) >= 11 is 0. The van der Waals surface area contributed by atoms with Crippen molar-refractivity contribution in [2.45, 2.75) is 26.7 Å². The fourth-order valence-electron chi connectivity index (χ4n) is 2.21. The molecule has 6 nitrogen and oxygen atoms in total. The van der Waals surface area contributed by atoms with E-state index in [0.717, 1.165) is 40.6 Å². The molecular formula is C16H21N5O. The molecule has 2 rings (SSSR count). The molecule has 1 heterocycles. The van der Waals surface area contributed by atoms with Gasteiger partial charge < -0.3 is 15.8 Å². The lowest BCUT2D eigenvalue weighted by Crippen LogP contribution is -2.31. The van der Waals surface area contributed by atoms with Crippen LogP contribution >= 0.6 is 0 Å². The van der Waals surface area contributed by atoms with E-state index in [0.29, 0.717) is 5.84 Å². The molecule has 6 heteroatoms. The van der Waals surface area contributed by atoms with Crippen LogP contribution in [0.5, 0.6) is 0 Å². The number of fused-ring (bicyclic) bond motifs is 1. The molecule has 0 saturated heterocycles. The minimum Gasteiger partial charge on any atom is -0.355 e. The highest BCUT2D eigenvalue weighted by Gasteiger charge is 2.13. The SMILES string of the molecule is C/C=C\C(=C/CCC)c1onc2ccc(/C(=N/N)NN)cc12. The first kappa shape index (κ1) is 15.8. The summed E-state index contributed by atoms with van der Waals surface area (Å²) in [5.41, 5.74) is 5.04. The van der Waals surface area contributed by atoms with Crippen LogP contribution in [0.4, 0.5) is 0 Å². The Labute approximate surface area is 129 Å². The smallest absolute Gasteiger partial charge is 0.174 e. The minimum absolute atomic E-state index is 0.402. The number of aromatic nitrogens is 1. The molecule has 0 radical (unpaired) electrons. The maximum Gasteiger partial charge on any atom is 0.174 e. The third-order valence-corrected chi connectivity index (χ3v) is 3.28. The third-order valence-electron chi connectivity index (χ3n) is 3.28. The standard InChI is InChI=1S/C16H21N5O/c1-3-5-7-11(6-4-2)15-13-10-12(16(19-17)20-18)8-9-14(13)21-22-15/h4,6-10H,3,5,17-18H2,1-2H3,(H,19,20)/b6-4-,11-7+. The van der Waals surface area contributed by atoms with E-state index in [-0.39, 0.29) is 0 Å². The van der Waals surface area contributed by atoms with Crippen LogP contribution in [0.15, 0.2) is 46.1 Å². The van der Waals surface area contributed by atoms with E-state index in [1.807, 2.05) is 37.3 Å². The van der Waals surface area contributed by atoms with Crippen molar-refractivity contribution in [3.8, 4) is 0 Å². The molecule has 22 heavy (non-hydrogen) atoms. The predicted octanol–water partition coefficient (Wildman–Crippen LogP) is 2.67. The van der Waals surface area contributed by atoms with E-state index in [9.17, 15) is 0 Å². The van der Waals surface area contributed by atoms with Gasteiger partial charge in [0.15, 0.2) is 11.6 Å². The van der Waals surface area contributed by atoms with Crippen molar-refractivity contribution in [1.82, 2.24) is 10.6 Å². The number of allylic oxidation sites excluding steroid dienone is 4. The van der Waals surface area contributed by atoms with Crippen molar-refractivity contribution in [3.05, 3.63) is 47.8 Å². The molecule has 0 aliphatic heterocycles. The van der Waals surface area contributed by atoms with Crippen LogP contribution in [0.3, 0.4) is 0 Å². The zero-order valence-electron chi connectivity index (χ0n) is 12.8. The first-order valence-electron chi connectivity index (χ1n) is 7.22. The monoisotopic (exact) mass is 299 g/mol. The number of nitrogens with one attached hydrogen (secondary N) is 1. The summed E-state index contributed by atoms with van der Waals surface area (Å²) in [6.07, 6.45) is 8.18. The van der Waals surface area contributed by atoms with Crippen molar-refractivity contribution >= 4 is 22.3 Å². The third kappa shape index (κ3) is 3.17. The number of rotatable bonds is 5. The van der Waals surface area contributed by atoms with Gasteiger partial charge in [0.25, 0.3) is 0 Å². The molecule has 0 bridgehead atoms. The van der Waals surface area contributed by atoms with Crippen molar-refractivity contribution in [2.75, 3.05) is 0 Å². The maximum absolute atomic E-state index is 5.54. The molecule has 0 fully saturated rings. The summed E-state index contributed by atoms with van der Waals surface area (Å²) in [5.74, 6) is 11.9. The van der Waals surface area contributed by atoms with Gasteiger partial charge in [-0.1, -0.05) is 36.7 Å². The van der Waals surface area contributed by atoms with Gasteiger partial charge in [-0.3, -0.25) is 0 Å². The minimum atomic E-state index is 0.402. The Hall–Kier alpha value is -2.60. The predicted molar refractivity (Wildman–Crippen MR) is 89.8 cm³/mol. The second kappa shape index (κ2) is 7.42. The highest BCUT2D eigenvalue weighted by Crippen LogP contribution is 2.27. The summed E-state index contributed by atoms with van der Waals surface area (Å²) in [4.78, 5) is 0. The van der Waals surface area contributed by atoms with Crippen molar-refractivity contribution in [2.24, 2.45) is 16.8 Å². The lowest BCUT2D eigenvalue weighted by Gasteiger charge is -2.04. The van der Waals surface area contributed by atoms with Crippen LogP contribution < -0.4 is 17.1 Å². The molecule has 116 valence electrons. The van der Waals surface area contributed by atoms with Crippen LogP contribution in [0.2, 0.25) is 0 Å². The van der Waals surface area contributed by atoms with Gasteiger partial charge >= 0.3 is 0 Å². The Morgan fingerprint density at radius 3 is 2.91 bits per heavy atom. The molecule has 1 aromatic carbocycles. The van der Waals surface area contributed by atoms with Gasteiger partial charge in [0.2, 0.25) is 0 Å². The zero-order chi connectivity index (χ0) is 15.9. The van der Waals surface area contributed by atoms with Crippen molar-refractivity contribution in [3.63, 3.8) is 0 Å². The molecule has 0 spiro atoms. The number of hydrazine groups is 1. The first-order chi connectivity index (χ1) is 10.7. The largest absolute Gasteiger partial charge is 0.355 e. The highest BCUT2D eigenvalue weighted by atomic mass is 16.5. The number of amidine groups is 1. The summed E-state index contributed by atoms with van der Waals surface area (Å²) < 4.78 is 5.54. The van der Waals surface area contributed by atoms with Gasteiger partial charge in [-0.25, -0.2) is 5.84 Å². The van der Waals surface area contributed by atoms with Crippen LogP contribution in [0.1, 0.15) is 38.0 Å². The Balaban J connectivity index is 2.56. The van der Waals surface area contributed by atoms with Gasteiger partial charge in [0.1, 0.15) is 5.52 Å². The Kier molecular flexibility index (Phi) is 5.32. The average Bonchev–Trinajstić information content (AvgIpc) is 2.96. The molecular weight excluding hydrogens is 278 g/mol. The highest BCUT2D eigenvalue weighted by molar-refractivity contribution is 6.02. The van der Waals surface area contributed by atoms with E-state index < -0.39 is 0 Å². The summed E-state index contributed by atoms with van der Waals surface area (Å²) in [5, 5.41) is 8.64. The molecule has 0 unspecified atom stereocenters. The first-order valence-corrected chi connectivity index (χ1v) is 7.22. The van der Waals surface area contributed by atoms with Crippen LogP contribution in [-0.2, 0) is 0 Å². The van der Waals surface area contributed by atoms with Gasteiger partial charge in [-0.2, -0.15) is 5.10 Å². The van der Waals surface area contributed by atoms with Crippen LogP contribution in [0, 0.1) is 0 Å². The van der Waals surface area contributed by atoms with E-state index in [1.54, 1.807) is 0 Å². The quantitative estimate of drug-likeness (QED) is 0.259. The topological polar surface area (TPSA) is 102 Å². The van der Waals surface area contributed by atoms with Gasteiger partial charge in [0, 0.05) is 11.1 Å². The second-order valence-electron chi connectivity index (χ2n) is 4.81. The molecule has 5 N–H and O–H groups in total. The lowest BCUT2D eigenvalue weighted by atomic mass is 10.0. The Morgan fingerprint density at radius 1 is 1.45 bits per heavy atom. The molecule has 0 saturated carbocycles. The molecule has 1 aromatic heterocycles. The summed E-state index contributed by atoms with van der Waals surface area (Å²) in [6.45, 7) is 4.11. The second-order valence-corrected chi connectivity index (χ2v) is 4.81.